The number of nitrogens with zero attached hydrogens (tertiary/aromatic N) is 5. The number of rotatable bonds is 6. The summed E-state index contributed by atoms with van der Waals surface area (Å²) in [4.78, 5) is 2.54. The molecule has 2 heterocycles. The molecule has 7 nitrogen and oxygen atoms in total. The minimum Gasteiger partial charge on any atom is -0.300 e. The number of aromatic nitrogens is 3. The van der Waals surface area contributed by atoms with E-state index in [1.807, 2.05) is 53.4 Å². The molecule has 0 N–H and O–H groups in total. The maximum absolute atomic E-state index is 12.9. The first-order valence-corrected chi connectivity index (χ1v) is 12.2. The van der Waals surface area contributed by atoms with E-state index in [0.29, 0.717) is 49.1 Å². The highest BCUT2D eigenvalue weighted by molar-refractivity contribution is 7.89. The van der Waals surface area contributed by atoms with Crippen molar-refractivity contribution in [3.8, 4) is 0 Å². The summed E-state index contributed by atoms with van der Waals surface area (Å²) in [6, 6.07) is 17.2. The molecule has 0 unspecified atom stereocenters. The van der Waals surface area contributed by atoms with Gasteiger partial charge in [0.1, 0.15) is 5.82 Å². The summed E-state index contributed by atoms with van der Waals surface area (Å²) in [5.74, 6) is 0.870. The van der Waals surface area contributed by atoms with E-state index in [2.05, 4.69) is 22.1 Å². The number of benzene rings is 2. The standard InChI is InChI=1S/C22H27N5O2S2/c1-18-8-10-21(11-9-18)31(28,29)25-14-12-24(13-15-25)17-27-22(30)26(19(2)23-27)16-20-6-4-3-5-7-20/h3-11H,12-17H2,1-2H3. The summed E-state index contributed by atoms with van der Waals surface area (Å²) in [6.07, 6.45) is 0. The van der Waals surface area contributed by atoms with E-state index >= 15 is 0 Å². The molecular weight excluding hydrogens is 430 g/mol. The first-order valence-electron chi connectivity index (χ1n) is 10.3. The Balaban J connectivity index is 1.41. The van der Waals surface area contributed by atoms with E-state index in [-0.39, 0.29) is 0 Å². The van der Waals surface area contributed by atoms with Crippen molar-refractivity contribution in [3.05, 3.63) is 76.3 Å². The van der Waals surface area contributed by atoms with Gasteiger partial charge in [0.05, 0.1) is 18.1 Å². The summed E-state index contributed by atoms with van der Waals surface area (Å²) in [7, 11) is -3.46. The molecule has 1 aliphatic rings. The van der Waals surface area contributed by atoms with Crippen molar-refractivity contribution in [2.24, 2.45) is 0 Å². The van der Waals surface area contributed by atoms with Crippen molar-refractivity contribution in [3.63, 3.8) is 0 Å². The van der Waals surface area contributed by atoms with E-state index in [1.165, 1.54) is 5.56 Å². The zero-order chi connectivity index (χ0) is 22.0. The van der Waals surface area contributed by atoms with Crippen LogP contribution in [-0.2, 0) is 23.2 Å². The third-order valence-electron chi connectivity index (χ3n) is 5.62. The lowest BCUT2D eigenvalue weighted by molar-refractivity contribution is 0.144. The van der Waals surface area contributed by atoms with Gasteiger partial charge in [0.2, 0.25) is 10.0 Å². The van der Waals surface area contributed by atoms with Crippen LogP contribution in [0.1, 0.15) is 17.0 Å². The third kappa shape index (κ3) is 4.79. The van der Waals surface area contributed by atoms with Crippen molar-refractivity contribution in [2.45, 2.75) is 32.0 Å². The minimum atomic E-state index is -3.46. The summed E-state index contributed by atoms with van der Waals surface area (Å²) in [6.45, 7) is 7.33. The Bertz CT molecular complexity index is 1190. The average Bonchev–Trinajstić information content (AvgIpc) is 3.02. The van der Waals surface area contributed by atoms with Crippen LogP contribution in [0.25, 0.3) is 0 Å². The molecule has 0 spiro atoms. The Morgan fingerprint density at radius 2 is 1.58 bits per heavy atom. The Morgan fingerprint density at radius 3 is 2.23 bits per heavy atom. The van der Waals surface area contributed by atoms with Gasteiger partial charge in [-0.2, -0.15) is 9.40 Å². The van der Waals surface area contributed by atoms with E-state index in [4.69, 9.17) is 12.2 Å². The lowest BCUT2D eigenvalue weighted by Crippen LogP contribution is -2.48. The lowest BCUT2D eigenvalue weighted by Gasteiger charge is -2.33. The van der Waals surface area contributed by atoms with E-state index in [9.17, 15) is 8.42 Å². The molecule has 31 heavy (non-hydrogen) atoms. The predicted octanol–water partition coefficient (Wildman–Crippen LogP) is 3.04. The van der Waals surface area contributed by atoms with Gasteiger partial charge < -0.3 is 0 Å². The Kier molecular flexibility index (Phi) is 6.38. The number of hydrogen-bond acceptors (Lipinski definition) is 5. The van der Waals surface area contributed by atoms with Crippen molar-refractivity contribution in [1.82, 2.24) is 23.6 Å². The van der Waals surface area contributed by atoms with E-state index < -0.39 is 10.0 Å². The Labute approximate surface area is 188 Å². The van der Waals surface area contributed by atoms with Gasteiger partial charge in [-0.05, 0) is 43.8 Å². The van der Waals surface area contributed by atoms with Crippen LogP contribution in [0.2, 0.25) is 0 Å². The minimum absolute atomic E-state index is 0.351. The molecule has 0 radical (unpaired) electrons. The maximum atomic E-state index is 12.9. The van der Waals surface area contributed by atoms with E-state index in [0.717, 1.165) is 11.4 Å². The van der Waals surface area contributed by atoms with Crippen LogP contribution in [-0.4, -0.2) is 58.1 Å². The Morgan fingerprint density at radius 1 is 0.935 bits per heavy atom. The fourth-order valence-electron chi connectivity index (χ4n) is 3.75. The highest BCUT2D eigenvalue weighted by atomic mass is 32.2. The van der Waals surface area contributed by atoms with Gasteiger partial charge in [0, 0.05) is 26.2 Å². The quantitative estimate of drug-likeness (QED) is 0.533. The largest absolute Gasteiger partial charge is 0.300 e. The summed E-state index contributed by atoms with van der Waals surface area (Å²) < 4.78 is 31.9. The smallest absolute Gasteiger partial charge is 0.243 e. The second kappa shape index (κ2) is 9.04. The van der Waals surface area contributed by atoms with Gasteiger partial charge in [-0.15, -0.1) is 0 Å². The topological polar surface area (TPSA) is 63.4 Å². The number of piperazine rings is 1. The molecule has 0 bridgehead atoms. The van der Waals surface area contributed by atoms with Crippen molar-refractivity contribution < 1.29 is 8.42 Å². The highest BCUT2D eigenvalue weighted by Crippen LogP contribution is 2.18. The SMILES string of the molecule is Cc1ccc(S(=O)(=O)N2CCN(Cn3nc(C)n(Cc4ccccc4)c3=S)CC2)cc1. The van der Waals surface area contributed by atoms with Crippen LogP contribution in [0.4, 0.5) is 0 Å². The maximum Gasteiger partial charge on any atom is 0.243 e. The van der Waals surface area contributed by atoms with Crippen molar-refractivity contribution in [1.29, 1.82) is 0 Å². The van der Waals surface area contributed by atoms with Gasteiger partial charge in [-0.3, -0.25) is 9.47 Å². The van der Waals surface area contributed by atoms with Crippen LogP contribution < -0.4 is 0 Å². The molecule has 2 aromatic carbocycles. The molecule has 4 rings (SSSR count). The molecule has 0 amide bonds. The fourth-order valence-corrected chi connectivity index (χ4v) is 5.47. The zero-order valence-corrected chi connectivity index (χ0v) is 19.4. The molecule has 1 aromatic heterocycles. The summed E-state index contributed by atoms with van der Waals surface area (Å²) in [5, 5.41) is 4.63. The van der Waals surface area contributed by atoms with Crippen LogP contribution >= 0.6 is 12.2 Å². The first-order chi connectivity index (χ1) is 14.8. The van der Waals surface area contributed by atoms with Crippen molar-refractivity contribution >= 4 is 22.2 Å². The second-order valence-electron chi connectivity index (χ2n) is 7.88. The Hall–Kier alpha value is -2.33. The van der Waals surface area contributed by atoms with Gasteiger partial charge in [-0.25, -0.2) is 13.1 Å². The molecule has 9 heteroatoms. The number of aryl methyl sites for hydroxylation is 2. The fraction of sp³-hybridized carbons (Fsp3) is 0.364. The lowest BCUT2D eigenvalue weighted by atomic mass is 10.2. The second-order valence-corrected chi connectivity index (χ2v) is 10.2. The molecule has 0 atom stereocenters. The van der Waals surface area contributed by atoms with Gasteiger partial charge in [-0.1, -0.05) is 48.0 Å². The molecule has 0 saturated carbocycles. The molecular formula is C22H27N5O2S2. The van der Waals surface area contributed by atoms with Gasteiger partial charge in [0.15, 0.2) is 4.77 Å². The first kappa shape index (κ1) is 21.9. The molecule has 1 fully saturated rings. The predicted molar refractivity (Wildman–Crippen MR) is 123 cm³/mol. The van der Waals surface area contributed by atoms with Crippen LogP contribution in [0.15, 0.2) is 59.5 Å². The highest BCUT2D eigenvalue weighted by Gasteiger charge is 2.28. The zero-order valence-electron chi connectivity index (χ0n) is 17.8. The normalized spacial score (nSPS) is 15.9. The average molecular weight is 458 g/mol. The number of sulfonamides is 1. The van der Waals surface area contributed by atoms with Crippen LogP contribution in [0, 0.1) is 18.6 Å². The molecule has 1 saturated heterocycles. The number of hydrogen-bond donors (Lipinski definition) is 0. The summed E-state index contributed by atoms with van der Waals surface area (Å²) >= 11 is 5.67. The third-order valence-corrected chi connectivity index (χ3v) is 7.96. The van der Waals surface area contributed by atoms with Gasteiger partial charge >= 0.3 is 0 Å². The molecule has 1 aliphatic heterocycles. The van der Waals surface area contributed by atoms with Crippen molar-refractivity contribution in [2.75, 3.05) is 26.2 Å². The summed E-state index contributed by atoms with van der Waals surface area (Å²) in [5.41, 5.74) is 2.22. The van der Waals surface area contributed by atoms with Crippen LogP contribution in [0.3, 0.4) is 0 Å². The van der Waals surface area contributed by atoms with Crippen LogP contribution in [0.5, 0.6) is 0 Å². The molecule has 164 valence electrons. The molecule has 3 aromatic rings. The van der Waals surface area contributed by atoms with E-state index in [1.54, 1.807) is 16.4 Å². The van der Waals surface area contributed by atoms with Gasteiger partial charge in [0.25, 0.3) is 0 Å². The monoisotopic (exact) mass is 457 g/mol. The molecule has 0 aliphatic carbocycles.